The van der Waals surface area contributed by atoms with E-state index in [0.717, 1.165) is 10.2 Å². The van der Waals surface area contributed by atoms with Crippen molar-refractivity contribution in [2.24, 2.45) is 4.99 Å². The molecule has 4 nitrogen and oxygen atoms in total. The summed E-state index contributed by atoms with van der Waals surface area (Å²) < 4.78 is 0.857. The van der Waals surface area contributed by atoms with Crippen molar-refractivity contribution < 1.29 is 9.90 Å². The Morgan fingerprint density at radius 1 is 1.14 bits per heavy atom. The number of aliphatic imine (C=N–C) groups is 1. The number of rotatable bonds is 2. The Kier molecular flexibility index (Phi) is 4.31. The summed E-state index contributed by atoms with van der Waals surface area (Å²) in [6.45, 7) is 0. The molecule has 0 unspecified atom stereocenters. The number of carbonyl (C=O) groups excluding carboxylic acids is 1. The van der Waals surface area contributed by atoms with E-state index in [0.29, 0.717) is 15.6 Å². The standard InChI is InChI=1S/C16H11BrN2O2S/c17-11-6-2-3-7-12(11)18-16-19-15(21)14(22-16)9-10-5-1-4-8-13(10)20/h1-9,20H,(H,18,19,21)/b14-9+. The highest BCUT2D eigenvalue weighted by Crippen LogP contribution is 2.32. The van der Waals surface area contributed by atoms with Gasteiger partial charge in [0.1, 0.15) is 5.75 Å². The maximum Gasteiger partial charge on any atom is 0.264 e. The first-order valence-electron chi connectivity index (χ1n) is 6.45. The van der Waals surface area contributed by atoms with Gasteiger partial charge in [-0.25, -0.2) is 4.99 Å². The molecule has 1 fully saturated rings. The largest absolute Gasteiger partial charge is 0.507 e. The Balaban J connectivity index is 1.88. The summed E-state index contributed by atoms with van der Waals surface area (Å²) in [4.78, 5) is 16.9. The fourth-order valence-electron chi connectivity index (χ4n) is 1.88. The molecule has 1 heterocycles. The van der Waals surface area contributed by atoms with Crippen molar-refractivity contribution in [1.29, 1.82) is 0 Å². The van der Waals surface area contributed by atoms with Crippen molar-refractivity contribution in [3.05, 3.63) is 63.5 Å². The van der Waals surface area contributed by atoms with E-state index >= 15 is 0 Å². The van der Waals surface area contributed by atoms with Crippen LogP contribution >= 0.6 is 27.7 Å². The third-order valence-electron chi connectivity index (χ3n) is 2.95. The van der Waals surface area contributed by atoms with Crippen LogP contribution < -0.4 is 5.32 Å². The molecule has 0 aromatic heterocycles. The number of phenols is 1. The number of carbonyl (C=O) groups is 1. The van der Waals surface area contributed by atoms with Gasteiger partial charge in [0.25, 0.3) is 5.91 Å². The Morgan fingerprint density at radius 3 is 2.64 bits per heavy atom. The average Bonchev–Trinajstić information content (AvgIpc) is 2.84. The van der Waals surface area contributed by atoms with E-state index in [4.69, 9.17) is 0 Å². The molecule has 0 aliphatic carbocycles. The normalized spacial score (nSPS) is 18.0. The number of aromatic hydroxyl groups is 1. The SMILES string of the molecule is O=C1NC(=Nc2ccccc2Br)S/C1=C/c1ccccc1O. The highest BCUT2D eigenvalue weighted by Gasteiger charge is 2.24. The number of nitrogens with one attached hydrogen (secondary N) is 1. The second-order valence-electron chi connectivity index (χ2n) is 4.49. The van der Waals surface area contributed by atoms with Crippen LogP contribution in [0.15, 0.2) is 62.9 Å². The summed E-state index contributed by atoms with van der Waals surface area (Å²) in [7, 11) is 0. The maximum absolute atomic E-state index is 12.0. The van der Waals surface area contributed by atoms with Gasteiger partial charge in [0.05, 0.1) is 10.6 Å². The van der Waals surface area contributed by atoms with Gasteiger partial charge in [-0.2, -0.15) is 0 Å². The van der Waals surface area contributed by atoms with Crippen LogP contribution in [0.3, 0.4) is 0 Å². The lowest BCUT2D eigenvalue weighted by atomic mass is 10.2. The molecule has 0 spiro atoms. The van der Waals surface area contributed by atoms with Crippen molar-refractivity contribution in [2.45, 2.75) is 0 Å². The quantitative estimate of drug-likeness (QED) is 0.779. The minimum atomic E-state index is -0.223. The molecular formula is C16H11BrN2O2S. The van der Waals surface area contributed by atoms with E-state index in [1.54, 1.807) is 30.3 Å². The van der Waals surface area contributed by atoms with Crippen LogP contribution in [0.25, 0.3) is 6.08 Å². The lowest BCUT2D eigenvalue weighted by Crippen LogP contribution is -2.19. The Hall–Kier alpha value is -2.05. The maximum atomic E-state index is 12.0. The second kappa shape index (κ2) is 6.37. The molecule has 0 atom stereocenters. The monoisotopic (exact) mass is 374 g/mol. The number of benzene rings is 2. The molecule has 2 aromatic rings. The number of amides is 1. The van der Waals surface area contributed by atoms with E-state index in [1.807, 2.05) is 24.3 Å². The molecule has 0 bridgehead atoms. The summed E-state index contributed by atoms with van der Waals surface area (Å²) in [5.41, 5.74) is 1.34. The van der Waals surface area contributed by atoms with Crippen LogP contribution in [-0.2, 0) is 4.79 Å². The highest BCUT2D eigenvalue weighted by molar-refractivity contribution is 9.10. The number of hydrogen-bond donors (Lipinski definition) is 2. The second-order valence-corrected chi connectivity index (χ2v) is 6.38. The minimum absolute atomic E-state index is 0.139. The first kappa shape index (κ1) is 14.9. The van der Waals surface area contributed by atoms with E-state index in [2.05, 4.69) is 26.2 Å². The van der Waals surface area contributed by atoms with Crippen LogP contribution in [0.4, 0.5) is 5.69 Å². The Labute approximate surface area is 140 Å². The number of nitrogens with zero attached hydrogens (tertiary/aromatic N) is 1. The molecule has 22 heavy (non-hydrogen) atoms. The molecule has 2 aromatic carbocycles. The van der Waals surface area contributed by atoms with Gasteiger partial charge in [0, 0.05) is 10.0 Å². The number of para-hydroxylation sites is 2. The van der Waals surface area contributed by atoms with Gasteiger partial charge < -0.3 is 10.4 Å². The van der Waals surface area contributed by atoms with Crippen molar-refractivity contribution in [1.82, 2.24) is 5.32 Å². The summed E-state index contributed by atoms with van der Waals surface area (Å²) in [5.74, 6) is -0.0846. The first-order chi connectivity index (χ1) is 10.6. The molecule has 0 radical (unpaired) electrons. The molecule has 0 saturated carbocycles. The van der Waals surface area contributed by atoms with Crippen LogP contribution in [0.1, 0.15) is 5.56 Å². The Bertz CT molecular complexity index is 802. The summed E-state index contributed by atoms with van der Waals surface area (Å²) in [5, 5.41) is 13.0. The lowest BCUT2D eigenvalue weighted by Gasteiger charge is -1.99. The number of thioether (sulfide) groups is 1. The predicted molar refractivity (Wildman–Crippen MR) is 93.1 cm³/mol. The minimum Gasteiger partial charge on any atom is -0.507 e. The van der Waals surface area contributed by atoms with Gasteiger partial charge in [-0.05, 0) is 52.0 Å². The van der Waals surface area contributed by atoms with Crippen LogP contribution in [0, 0.1) is 0 Å². The molecular weight excluding hydrogens is 364 g/mol. The third kappa shape index (κ3) is 3.23. The third-order valence-corrected chi connectivity index (χ3v) is 4.53. The van der Waals surface area contributed by atoms with Crippen LogP contribution in [-0.4, -0.2) is 16.2 Å². The fourth-order valence-corrected chi connectivity index (χ4v) is 3.08. The van der Waals surface area contributed by atoms with Crippen molar-refractivity contribution in [2.75, 3.05) is 0 Å². The zero-order chi connectivity index (χ0) is 15.5. The number of halogens is 1. The van der Waals surface area contributed by atoms with Crippen molar-refractivity contribution in [3.63, 3.8) is 0 Å². The molecule has 6 heteroatoms. The van der Waals surface area contributed by atoms with Gasteiger partial charge in [-0.1, -0.05) is 30.3 Å². The molecule has 1 aliphatic heterocycles. The van der Waals surface area contributed by atoms with E-state index < -0.39 is 0 Å². The van der Waals surface area contributed by atoms with Gasteiger partial charge in [0.2, 0.25) is 0 Å². The van der Waals surface area contributed by atoms with Gasteiger partial charge in [-0.15, -0.1) is 0 Å². The number of amidine groups is 1. The highest BCUT2D eigenvalue weighted by atomic mass is 79.9. The smallest absolute Gasteiger partial charge is 0.264 e. The zero-order valence-electron chi connectivity index (χ0n) is 11.3. The van der Waals surface area contributed by atoms with Gasteiger partial charge >= 0.3 is 0 Å². The van der Waals surface area contributed by atoms with E-state index in [1.165, 1.54) is 11.8 Å². The predicted octanol–water partition coefficient (Wildman–Crippen LogP) is 4.05. The molecule has 1 amide bonds. The average molecular weight is 375 g/mol. The van der Waals surface area contributed by atoms with Crippen LogP contribution in [0.5, 0.6) is 5.75 Å². The lowest BCUT2D eigenvalue weighted by molar-refractivity contribution is -0.115. The molecule has 1 aliphatic rings. The summed E-state index contributed by atoms with van der Waals surface area (Å²) in [6.07, 6.45) is 1.65. The van der Waals surface area contributed by atoms with Crippen molar-refractivity contribution in [3.8, 4) is 5.75 Å². The van der Waals surface area contributed by atoms with E-state index in [-0.39, 0.29) is 11.7 Å². The van der Waals surface area contributed by atoms with Crippen molar-refractivity contribution >= 4 is 50.5 Å². The fraction of sp³-hybridized carbons (Fsp3) is 0. The summed E-state index contributed by atoms with van der Waals surface area (Å²) in [6, 6.07) is 14.4. The summed E-state index contributed by atoms with van der Waals surface area (Å²) >= 11 is 4.66. The van der Waals surface area contributed by atoms with E-state index in [9.17, 15) is 9.90 Å². The molecule has 3 rings (SSSR count). The molecule has 110 valence electrons. The number of phenolic OH excluding ortho intramolecular Hbond substituents is 1. The molecule has 1 saturated heterocycles. The van der Waals surface area contributed by atoms with Gasteiger partial charge in [0.15, 0.2) is 5.17 Å². The topological polar surface area (TPSA) is 61.7 Å². The van der Waals surface area contributed by atoms with Gasteiger partial charge in [-0.3, -0.25) is 4.79 Å². The molecule has 2 N–H and O–H groups in total. The Morgan fingerprint density at radius 2 is 1.86 bits per heavy atom. The first-order valence-corrected chi connectivity index (χ1v) is 8.06. The number of hydrogen-bond acceptors (Lipinski definition) is 4. The van der Waals surface area contributed by atoms with Crippen LogP contribution in [0.2, 0.25) is 0 Å². The zero-order valence-corrected chi connectivity index (χ0v) is 13.7.